The molecule has 0 aliphatic carbocycles. The molecule has 14 heavy (non-hydrogen) atoms. The van der Waals surface area contributed by atoms with Crippen molar-refractivity contribution < 1.29 is 0 Å². The normalized spacial score (nSPS) is 9.79. The van der Waals surface area contributed by atoms with Gasteiger partial charge in [0.05, 0.1) is 6.33 Å². The van der Waals surface area contributed by atoms with Crippen molar-refractivity contribution in [2.45, 2.75) is 19.9 Å². The predicted octanol–water partition coefficient (Wildman–Crippen LogP) is 0.757. The third kappa shape index (κ3) is 4.23. The number of aromatic nitrogens is 2. The minimum absolute atomic E-state index is 0.734. The molecule has 1 heterocycles. The van der Waals surface area contributed by atoms with E-state index in [1.165, 1.54) is 0 Å². The van der Waals surface area contributed by atoms with Gasteiger partial charge in [0, 0.05) is 32.0 Å². The first-order valence-corrected chi connectivity index (χ1v) is 5.21. The summed E-state index contributed by atoms with van der Waals surface area (Å²) in [6.07, 6.45) is 6.61. The standard InChI is InChI=1S/C9H16N4S/c1-2-11-9(14)12-4-3-6-13-7-5-10-8-13/h5,7-8H,2-4,6H2,1H3,(H2,11,12,14). The lowest BCUT2D eigenvalue weighted by Crippen LogP contribution is -2.35. The molecule has 0 aliphatic rings. The van der Waals surface area contributed by atoms with Crippen molar-refractivity contribution in [2.24, 2.45) is 0 Å². The van der Waals surface area contributed by atoms with Gasteiger partial charge in [-0.1, -0.05) is 0 Å². The highest BCUT2D eigenvalue weighted by Gasteiger charge is 1.92. The van der Waals surface area contributed by atoms with Crippen molar-refractivity contribution in [1.82, 2.24) is 20.2 Å². The Morgan fingerprint density at radius 2 is 2.36 bits per heavy atom. The van der Waals surface area contributed by atoms with E-state index in [1.54, 1.807) is 6.20 Å². The number of imidazole rings is 1. The number of aryl methyl sites for hydroxylation is 1. The van der Waals surface area contributed by atoms with Gasteiger partial charge in [-0.3, -0.25) is 0 Å². The first-order chi connectivity index (χ1) is 6.83. The molecule has 0 aliphatic heterocycles. The van der Waals surface area contributed by atoms with Crippen molar-refractivity contribution in [2.75, 3.05) is 13.1 Å². The largest absolute Gasteiger partial charge is 0.363 e. The summed E-state index contributed by atoms with van der Waals surface area (Å²) in [5.74, 6) is 0. The molecule has 0 saturated carbocycles. The number of nitrogens with one attached hydrogen (secondary N) is 2. The molecule has 1 aromatic rings. The van der Waals surface area contributed by atoms with Gasteiger partial charge in [0.25, 0.3) is 0 Å². The molecule has 78 valence electrons. The first-order valence-electron chi connectivity index (χ1n) is 4.80. The van der Waals surface area contributed by atoms with Crippen LogP contribution in [0.1, 0.15) is 13.3 Å². The number of thiocarbonyl (C=S) groups is 1. The quantitative estimate of drug-likeness (QED) is 0.558. The molecule has 0 atom stereocenters. The van der Waals surface area contributed by atoms with E-state index in [4.69, 9.17) is 12.2 Å². The van der Waals surface area contributed by atoms with Crippen molar-refractivity contribution >= 4 is 17.3 Å². The van der Waals surface area contributed by atoms with Crippen molar-refractivity contribution in [3.05, 3.63) is 18.7 Å². The van der Waals surface area contributed by atoms with Crippen LogP contribution in [0.25, 0.3) is 0 Å². The van der Waals surface area contributed by atoms with Gasteiger partial charge in [-0.25, -0.2) is 4.98 Å². The molecular formula is C9H16N4S. The Bertz CT molecular complexity index is 258. The molecule has 1 aromatic heterocycles. The molecule has 1 rings (SSSR count). The zero-order chi connectivity index (χ0) is 10.2. The van der Waals surface area contributed by atoms with Gasteiger partial charge in [-0.05, 0) is 25.6 Å². The van der Waals surface area contributed by atoms with Gasteiger partial charge in [0.15, 0.2) is 5.11 Å². The van der Waals surface area contributed by atoms with Gasteiger partial charge in [0.1, 0.15) is 0 Å². The predicted molar refractivity (Wildman–Crippen MR) is 61.1 cm³/mol. The zero-order valence-corrected chi connectivity index (χ0v) is 9.18. The van der Waals surface area contributed by atoms with Crippen LogP contribution in [-0.4, -0.2) is 27.8 Å². The molecule has 0 saturated heterocycles. The maximum absolute atomic E-state index is 5.03. The number of nitrogens with zero attached hydrogens (tertiary/aromatic N) is 2. The van der Waals surface area contributed by atoms with E-state index in [9.17, 15) is 0 Å². The molecule has 0 fully saturated rings. The minimum atomic E-state index is 0.734. The highest BCUT2D eigenvalue weighted by molar-refractivity contribution is 7.80. The average molecular weight is 212 g/mol. The van der Waals surface area contributed by atoms with E-state index >= 15 is 0 Å². The second-order valence-electron chi connectivity index (χ2n) is 2.94. The van der Waals surface area contributed by atoms with Crippen LogP contribution in [0.5, 0.6) is 0 Å². The zero-order valence-electron chi connectivity index (χ0n) is 8.36. The lowest BCUT2D eigenvalue weighted by atomic mass is 10.4. The summed E-state index contributed by atoms with van der Waals surface area (Å²) in [5, 5.41) is 6.91. The monoisotopic (exact) mass is 212 g/mol. The number of hydrogen-bond acceptors (Lipinski definition) is 2. The van der Waals surface area contributed by atoms with E-state index < -0.39 is 0 Å². The Balaban J connectivity index is 2.02. The highest BCUT2D eigenvalue weighted by atomic mass is 32.1. The molecule has 0 aromatic carbocycles. The molecule has 0 spiro atoms. The average Bonchev–Trinajstić information content (AvgIpc) is 2.65. The summed E-state index contributed by atoms with van der Waals surface area (Å²) >= 11 is 5.03. The smallest absolute Gasteiger partial charge is 0.166 e. The fourth-order valence-electron chi connectivity index (χ4n) is 1.11. The Labute approximate surface area is 89.7 Å². The Kier molecular flexibility index (Phi) is 4.99. The summed E-state index contributed by atoms with van der Waals surface area (Å²) < 4.78 is 2.05. The van der Waals surface area contributed by atoms with Gasteiger partial charge in [-0.15, -0.1) is 0 Å². The SMILES string of the molecule is CCNC(=S)NCCCn1ccnc1. The minimum Gasteiger partial charge on any atom is -0.363 e. The van der Waals surface area contributed by atoms with E-state index in [0.29, 0.717) is 0 Å². The lowest BCUT2D eigenvalue weighted by Gasteiger charge is -2.08. The van der Waals surface area contributed by atoms with Crippen LogP contribution in [-0.2, 0) is 6.54 Å². The molecule has 5 heteroatoms. The maximum Gasteiger partial charge on any atom is 0.166 e. The highest BCUT2D eigenvalue weighted by Crippen LogP contribution is 1.88. The summed E-state index contributed by atoms with van der Waals surface area (Å²) in [6, 6.07) is 0. The van der Waals surface area contributed by atoms with Gasteiger partial charge < -0.3 is 15.2 Å². The van der Waals surface area contributed by atoms with Gasteiger partial charge in [0.2, 0.25) is 0 Å². The molecule has 0 bridgehead atoms. The van der Waals surface area contributed by atoms with E-state index in [-0.39, 0.29) is 0 Å². The second kappa shape index (κ2) is 6.37. The Hall–Kier alpha value is -1.10. The summed E-state index contributed by atoms with van der Waals surface area (Å²) in [5.41, 5.74) is 0. The fourth-order valence-corrected chi connectivity index (χ4v) is 1.35. The van der Waals surface area contributed by atoms with Crippen LogP contribution < -0.4 is 10.6 Å². The van der Waals surface area contributed by atoms with Crippen LogP contribution >= 0.6 is 12.2 Å². The molecule has 0 amide bonds. The Morgan fingerprint density at radius 3 is 3.00 bits per heavy atom. The molecule has 4 nitrogen and oxygen atoms in total. The third-order valence-electron chi connectivity index (χ3n) is 1.78. The van der Waals surface area contributed by atoms with E-state index in [0.717, 1.165) is 31.2 Å². The van der Waals surface area contributed by atoms with Crippen LogP contribution in [0.3, 0.4) is 0 Å². The van der Waals surface area contributed by atoms with Crippen molar-refractivity contribution in [3.63, 3.8) is 0 Å². The summed E-state index contributed by atoms with van der Waals surface area (Å²) in [6.45, 7) is 4.76. The maximum atomic E-state index is 5.03. The van der Waals surface area contributed by atoms with Crippen molar-refractivity contribution in [3.8, 4) is 0 Å². The molecular weight excluding hydrogens is 196 g/mol. The number of rotatable bonds is 5. The summed E-state index contributed by atoms with van der Waals surface area (Å²) in [4.78, 5) is 3.97. The number of hydrogen-bond donors (Lipinski definition) is 2. The van der Waals surface area contributed by atoms with E-state index in [1.807, 2.05) is 19.4 Å². The Morgan fingerprint density at radius 1 is 1.50 bits per heavy atom. The van der Waals surface area contributed by atoms with Gasteiger partial charge >= 0.3 is 0 Å². The van der Waals surface area contributed by atoms with E-state index in [2.05, 4.69) is 20.2 Å². The van der Waals surface area contributed by atoms with Crippen LogP contribution in [0.2, 0.25) is 0 Å². The van der Waals surface area contributed by atoms with Crippen LogP contribution in [0.4, 0.5) is 0 Å². The van der Waals surface area contributed by atoms with Crippen LogP contribution in [0.15, 0.2) is 18.7 Å². The van der Waals surface area contributed by atoms with Gasteiger partial charge in [-0.2, -0.15) is 0 Å². The second-order valence-corrected chi connectivity index (χ2v) is 3.35. The molecule has 0 radical (unpaired) electrons. The molecule has 0 unspecified atom stereocenters. The lowest BCUT2D eigenvalue weighted by molar-refractivity contribution is 0.628. The van der Waals surface area contributed by atoms with Crippen molar-refractivity contribution in [1.29, 1.82) is 0 Å². The third-order valence-corrected chi connectivity index (χ3v) is 2.06. The summed E-state index contributed by atoms with van der Waals surface area (Å²) in [7, 11) is 0. The molecule has 2 N–H and O–H groups in total. The first kappa shape index (κ1) is 11.0. The van der Waals surface area contributed by atoms with Crippen LogP contribution in [0, 0.1) is 0 Å². The topological polar surface area (TPSA) is 41.9 Å². The fraction of sp³-hybridized carbons (Fsp3) is 0.556.